The molecule has 5 heteroatoms. The first kappa shape index (κ1) is 15.7. The number of halogens is 1. The van der Waals surface area contributed by atoms with E-state index in [1.165, 1.54) is 0 Å². The second-order valence-electron chi connectivity index (χ2n) is 4.52. The number of aliphatic hydroxyl groups excluding tert-OH is 1. The number of benzene rings is 2. The molecule has 2 aromatic rings. The summed E-state index contributed by atoms with van der Waals surface area (Å²) in [5.41, 5.74) is 1.72. The van der Waals surface area contributed by atoms with Gasteiger partial charge in [-0.15, -0.1) is 0 Å². The van der Waals surface area contributed by atoms with Gasteiger partial charge in [0.1, 0.15) is 11.5 Å². The Balaban J connectivity index is 2.00. The predicted octanol–water partition coefficient (Wildman–Crippen LogP) is 3.61. The summed E-state index contributed by atoms with van der Waals surface area (Å²) in [4.78, 5) is 0. The number of nitrogens with one attached hydrogen (secondary N) is 1. The molecule has 0 aliphatic carbocycles. The number of aliphatic hydroxyl groups is 1. The van der Waals surface area contributed by atoms with Crippen molar-refractivity contribution in [2.75, 3.05) is 26.1 Å². The van der Waals surface area contributed by atoms with Gasteiger partial charge in [0.05, 0.1) is 24.8 Å². The molecule has 0 bridgehead atoms. The van der Waals surface area contributed by atoms with E-state index in [1.807, 2.05) is 42.5 Å². The van der Waals surface area contributed by atoms with Gasteiger partial charge in [-0.2, -0.15) is 0 Å². The highest BCUT2D eigenvalue weighted by atomic mass is 79.9. The zero-order valence-electron chi connectivity index (χ0n) is 12.0. The fourth-order valence-corrected chi connectivity index (χ4v) is 2.50. The second-order valence-corrected chi connectivity index (χ2v) is 5.38. The molecule has 112 valence electrons. The lowest BCUT2D eigenvalue weighted by atomic mass is 10.1. The maximum absolute atomic E-state index is 10.2. The second kappa shape index (κ2) is 7.33. The first-order chi connectivity index (χ1) is 10.1. The Morgan fingerprint density at radius 1 is 1.14 bits per heavy atom. The molecule has 0 aliphatic heterocycles. The molecule has 1 unspecified atom stereocenters. The summed E-state index contributed by atoms with van der Waals surface area (Å²) >= 11 is 3.43. The SMILES string of the molecule is COc1cccc(C(O)CNc2ccc(OC)c(Br)c2)c1. The van der Waals surface area contributed by atoms with Gasteiger partial charge >= 0.3 is 0 Å². The van der Waals surface area contributed by atoms with E-state index >= 15 is 0 Å². The third kappa shape index (κ3) is 4.12. The van der Waals surface area contributed by atoms with Gasteiger partial charge in [0.15, 0.2) is 0 Å². The number of anilines is 1. The monoisotopic (exact) mass is 351 g/mol. The van der Waals surface area contributed by atoms with Crippen LogP contribution < -0.4 is 14.8 Å². The molecule has 0 aliphatic rings. The van der Waals surface area contributed by atoms with Crippen LogP contribution in [-0.4, -0.2) is 25.9 Å². The largest absolute Gasteiger partial charge is 0.497 e. The van der Waals surface area contributed by atoms with Crippen molar-refractivity contribution in [3.8, 4) is 11.5 Å². The molecule has 2 rings (SSSR count). The first-order valence-corrected chi connectivity index (χ1v) is 7.32. The van der Waals surface area contributed by atoms with Crippen LogP contribution in [0.2, 0.25) is 0 Å². The Bertz CT molecular complexity index is 604. The Kier molecular flexibility index (Phi) is 5.47. The van der Waals surface area contributed by atoms with Crippen LogP contribution in [0.5, 0.6) is 11.5 Å². The molecule has 0 spiro atoms. The highest BCUT2D eigenvalue weighted by Gasteiger charge is 2.09. The van der Waals surface area contributed by atoms with Crippen molar-refractivity contribution in [2.24, 2.45) is 0 Å². The van der Waals surface area contributed by atoms with E-state index in [-0.39, 0.29) is 0 Å². The van der Waals surface area contributed by atoms with Crippen LogP contribution in [-0.2, 0) is 0 Å². The third-order valence-corrected chi connectivity index (χ3v) is 3.75. The van der Waals surface area contributed by atoms with E-state index in [4.69, 9.17) is 9.47 Å². The van der Waals surface area contributed by atoms with Gasteiger partial charge in [0.25, 0.3) is 0 Å². The van der Waals surface area contributed by atoms with Crippen LogP contribution in [0.3, 0.4) is 0 Å². The minimum absolute atomic E-state index is 0.409. The van der Waals surface area contributed by atoms with Gasteiger partial charge in [-0.05, 0) is 51.8 Å². The van der Waals surface area contributed by atoms with Crippen LogP contribution in [0.4, 0.5) is 5.69 Å². The first-order valence-electron chi connectivity index (χ1n) is 6.53. The quantitative estimate of drug-likeness (QED) is 0.834. The van der Waals surface area contributed by atoms with Crippen molar-refractivity contribution in [2.45, 2.75) is 6.10 Å². The summed E-state index contributed by atoms with van der Waals surface area (Å²) < 4.78 is 11.2. The van der Waals surface area contributed by atoms with Crippen molar-refractivity contribution in [3.05, 3.63) is 52.5 Å². The van der Waals surface area contributed by atoms with E-state index < -0.39 is 6.10 Å². The van der Waals surface area contributed by atoms with Crippen molar-refractivity contribution in [3.63, 3.8) is 0 Å². The van der Waals surface area contributed by atoms with Gasteiger partial charge < -0.3 is 19.9 Å². The van der Waals surface area contributed by atoms with E-state index in [0.29, 0.717) is 6.54 Å². The predicted molar refractivity (Wildman–Crippen MR) is 87.1 cm³/mol. The Labute approximate surface area is 132 Å². The number of hydrogen-bond acceptors (Lipinski definition) is 4. The normalized spacial score (nSPS) is 11.8. The molecule has 0 saturated carbocycles. The summed E-state index contributed by atoms with van der Waals surface area (Å²) in [5, 5.41) is 13.4. The zero-order valence-corrected chi connectivity index (χ0v) is 13.6. The molecule has 0 heterocycles. The van der Waals surface area contributed by atoms with Crippen molar-refractivity contribution in [1.29, 1.82) is 0 Å². The summed E-state index contributed by atoms with van der Waals surface area (Å²) in [6.45, 7) is 0.409. The van der Waals surface area contributed by atoms with Crippen LogP contribution in [0.1, 0.15) is 11.7 Å². The van der Waals surface area contributed by atoms with Crippen LogP contribution in [0.25, 0.3) is 0 Å². The van der Waals surface area contributed by atoms with Crippen LogP contribution in [0, 0.1) is 0 Å². The summed E-state index contributed by atoms with van der Waals surface area (Å²) in [5.74, 6) is 1.51. The molecule has 0 amide bonds. The lowest BCUT2D eigenvalue weighted by molar-refractivity contribution is 0.191. The molecule has 0 radical (unpaired) electrons. The zero-order chi connectivity index (χ0) is 15.2. The van der Waals surface area contributed by atoms with Crippen LogP contribution in [0.15, 0.2) is 46.9 Å². The lowest BCUT2D eigenvalue weighted by Crippen LogP contribution is -2.12. The smallest absolute Gasteiger partial charge is 0.133 e. The molecule has 4 nitrogen and oxygen atoms in total. The topological polar surface area (TPSA) is 50.7 Å². The summed E-state index contributed by atoms with van der Waals surface area (Å²) in [6.07, 6.45) is -0.610. The van der Waals surface area contributed by atoms with Gasteiger partial charge in [0, 0.05) is 12.2 Å². The van der Waals surface area contributed by atoms with Crippen LogP contribution >= 0.6 is 15.9 Å². The Hall–Kier alpha value is -1.72. The molecule has 2 N–H and O–H groups in total. The molecule has 2 aromatic carbocycles. The van der Waals surface area contributed by atoms with Crippen molar-refractivity contribution < 1.29 is 14.6 Å². The van der Waals surface area contributed by atoms with E-state index in [0.717, 1.165) is 27.2 Å². The minimum Gasteiger partial charge on any atom is -0.497 e. The minimum atomic E-state index is -0.610. The lowest BCUT2D eigenvalue weighted by Gasteiger charge is -2.14. The summed E-state index contributed by atoms with van der Waals surface area (Å²) in [7, 11) is 3.23. The number of hydrogen-bond donors (Lipinski definition) is 2. The Morgan fingerprint density at radius 3 is 2.62 bits per heavy atom. The molecule has 0 fully saturated rings. The molecule has 0 saturated heterocycles. The molecular formula is C16H18BrNO3. The highest BCUT2D eigenvalue weighted by molar-refractivity contribution is 9.10. The highest BCUT2D eigenvalue weighted by Crippen LogP contribution is 2.28. The average Bonchev–Trinajstić information content (AvgIpc) is 2.52. The molecule has 0 aromatic heterocycles. The third-order valence-electron chi connectivity index (χ3n) is 3.13. The maximum Gasteiger partial charge on any atom is 0.133 e. The van der Waals surface area contributed by atoms with Gasteiger partial charge in [-0.3, -0.25) is 0 Å². The Morgan fingerprint density at radius 2 is 1.95 bits per heavy atom. The number of rotatable bonds is 6. The van der Waals surface area contributed by atoms with Crippen molar-refractivity contribution in [1.82, 2.24) is 0 Å². The van der Waals surface area contributed by atoms with Crippen molar-refractivity contribution >= 4 is 21.6 Å². The summed E-state index contributed by atoms with van der Waals surface area (Å²) in [6, 6.07) is 13.1. The fourth-order valence-electron chi connectivity index (χ4n) is 1.96. The van der Waals surface area contributed by atoms with E-state index in [2.05, 4.69) is 21.2 Å². The van der Waals surface area contributed by atoms with E-state index in [1.54, 1.807) is 14.2 Å². The molecule has 21 heavy (non-hydrogen) atoms. The standard InChI is InChI=1S/C16H18BrNO3/c1-20-13-5-3-4-11(8-13)15(19)10-18-12-6-7-16(21-2)14(17)9-12/h3-9,15,18-19H,10H2,1-2H3. The number of ether oxygens (including phenoxy) is 2. The average molecular weight is 352 g/mol. The molecule has 1 atom stereocenters. The number of methoxy groups -OCH3 is 2. The maximum atomic E-state index is 10.2. The van der Waals surface area contributed by atoms with Gasteiger partial charge in [-0.1, -0.05) is 12.1 Å². The van der Waals surface area contributed by atoms with Gasteiger partial charge in [-0.25, -0.2) is 0 Å². The fraction of sp³-hybridized carbons (Fsp3) is 0.250. The molecular weight excluding hydrogens is 334 g/mol. The van der Waals surface area contributed by atoms with Gasteiger partial charge in [0.2, 0.25) is 0 Å². The van der Waals surface area contributed by atoms with E-state index in [9.17, 15) is 5.11 Å².